The lowest BCUT2D eigenvalue weighted by Crippen LogP contribution is -2.56. The number of hydrogen-bond acceptors (Lipinski definition) is 7. The molecule has 0 aliphatic carbocycles. The topological polar surface area (TPSA) is 114 Å². The number of benzene rings is 1. The molecule has 0 spiro atoms. The molecule has 2 atom stereocenters. The monoisotopic (exact) mass is 521 g/mol. The molecule has 1 aromatic carbocycles. The summed E-state index contributed by atoms with van der Waals surface area (Å²) in [6.07, 6.45) is 1.02. The zero-order valence-electron chi connectivity index (χ0n) is 21.5. The van der Waals surface area contributed by atoms with E-state index in [1.54, 1.807) is 11.8 Å². The van der Waals surface area contributed by atoms with Crippen molar-refractivity contribution >= 4 is 35.5 Å². The second-order valence-electron chi connectivity index (χ2n) is 9.06. The number of hydrogen-bond donors (Lipinski definition) is 2. The molecule has 1 saturated heterocycles. The minimum absolute atomic E-state index is 0.135. The van der Waals surface area contributed by atoms with Gasteiger partial charge in [-0.1, -0.05) is 44.2 Å². The summed E-state index contributed by atoms with van der Waals surface area (Å²) in [5.41, 5.74) is 0.922. The van der Waals surface area contributed by atoms with Crippen LogP contribution in [-0.2, 0) is 30.3 Å². The van der Waals surface area contributed by atoms with Gasteiger partial charge in [-0.05, 0) is 31.2 Å². The van der Waals surface area contributed by atoms with Gasteiger partial charge in [-0.3, -0.25) is 14.4 Å². The number of esters is 1. The molecule has 10 heteroatoms. The van der Waals surface area contributed by atoms with Gasteiger partial charge in [-0.2, -0.15) is 11.8 Å². The number of nitrogens with one attached hydrogen (secondary N) is 2. The summed E-state index contributed by atoms with van der Waals surface area (Å²) >= 11 is 1.34. The number of ether oxygens (including phenoxy) is 2. The Labute approximate surface area is 218 Å². The number of carbonyl (C=O) groups excluding carboxylic acids is 4. The minimum Gasteiger partial charge on any atom is -0.466 e. The van der Waals surface area contributed by atoms with Gasteiger partial charge >= 0.3 is 12.0 Å². The average Bonchev–Trinajstić information content (AvgIpc) is 2.86. The number of Topliss-reactive ketones (excluding diaryl/α,β-unsaturated/α-hetero) is 1. The summed E-state index contributed by atoms with van der Waals surface area (Å²) in [5, 5.41) is 5.75. The van der Waals surface area contributed by atoms with E-state index in [-0.39, 0.29) is 41.8 Å². The number of morpholine rings is 1. The number of ketones is 1. The molecule has 0 saturated carbocycles. The number of thioether (sulfide) groups is 1. The Balaban J connectivity index is 2.04. The van der Waals surface area contributed by atoms with Gasteiger partial charge in [0.2, 0.25) is 5.91 Å². The van der Waals surface area contributed by atoms with Crippen molar-refractivity contribution in [3.63, 3.8) is 0 Å². The molecule has 2 rings (SSSR count). The Morgan fingerprint density at radius 1 is 1.06 bits per heavy atom. The van der Waals surface area contributed by atoms with E-state index in [0.29, 0.717) is 51.5 Å². The molecule has 9 nitrogen and oxygen atoms in total. The normalized spacial score (nSPS) is 15.2. The van der Waals surface area contributed by atoms with Crippen LogP contribution in [0.4, 0.5) is 4.79 Å². The molecule has 2 N–H and O–H groups in total. The maximum atomic E-state index is 13.3. The number of nitrogens with zero attached hydrogens (tertiary/aromatic N) is 1. The lowest BCUT2D eigenvalue weighted by atomic mass is 10.00. The van der Waals surface area contributed by atoms with E-state index in [2.05, 4.69) is 10.6 Å². The van der Waals surface area contributed by atoms with Crippen molar-refractivity contribution in [2.24, 2.45) is 5.92 Å². The van der Waals surface area contributed by atoms with E-state index in [1.807, 2.05) is 44.2 Å². The van der Waals surface area contributed by atoms with Crippen LogP contribution in [0, 0.1) is 5.92 Å². The van der Waals surface area contributed by atoms with E-state index in [9.17, 15) is 19.2 Å². The van der Waals surface area contributed by atoms with Crippen LogP contribution in [0.25, 0.3) is 0 Å². The molecule has 0 bridgehead atoms. The average molecular weight is 522 g/mol. The molecule has 0 unspecified atom stereocenters. The van der Waals surface area contributed by atoms with Crippen molar-refractivity contribution in [3.05, 3.63) is 35.9 Å². The van der Waals surface area contributed by atoms with Gasteiger partial charge < -0.3 is 25.0 Å². The Morgan fingerprint density at radius 2 is 1.75 bits per heavy atom. The van der Waals surface area contributed by atoms with Gasteiger partial charge in [0.1, 0.15) is 6.04 Å². The molecule has 0 aromatic heterocycles. The van der Waals surface area contributed by atoms with Gasteiger partial charge in [0, 0.05) is 18.8 Å². The second kappa shape index (κ2) is 16.2. The van der Waals surface area contributed by atoms with Crippen LogP contribution in [0.5, 0.6) is 0 Å². The summed E-state index contributed by atoms with van der Waals surface area (Å²) in [5.74, 6) is -0.0273. The van der Waals surface area contributed by atoms with E-state index in [0.717, 1.165) is 5.56 Å². The van der Waals surface area contributed by atoms with Crippen LogP contribution >= 0.6 is 11.8 Å². The van der Waals surface area contributed by atoms with Crippen molar-refractivity contribution in [3.8, 4) is 0 Å². The predicted octanol–water partition coefficient (Wildman–Crippen LogP) is 2.43. The number of rotatable bonds is 14. The fourth-order valence-electron chi connectivity index (χ4n) is 3.74. The van der Waals surface area contributed by atoms with Gasteiger partial charge in [-0.15, -0.1) is 0 Å². The van der Waals surface area contributed by atoms with E-state index in [1.165, 1.54) is 11.8 Å². The molecule has 1 fully saturated rings. The summed E-state index contributed by atoms with van der Waals surface area (Å²) in [7, 11) is 0. The van der Waals surface area contributed by atoms with E-state index in [4.69, 9.17) is 9.47 Å². The van der Waals surface area contributed by atoms with Crippen molar-refractivity contribution in [1.82, 2.24) is 15.5 Å². The molecule has 36 heavy (non-hydrogen) atoms. The lowest BCUT2D eigenvalue weighted by molar-refractivity contribution is -0.142. The first kappa shape index (κ1) is 29.6. The fraction of sp³-hybridized carbons (Fsp3) is 0.615. The fourth-order valence-corrected chi connectivity index (χ4v) is 4.60. The summed E-state index contributed by atoms with van der Waals surface area (Å²) in [6.45, 7) is 7.92. The molecule has 1 aromatic rings. The third kappa shape index (κ3) is 11.0. The van der Waals surface area contributed by atoms with Crippen LogP contribution in [0.15, 0.2) is 30.3 Å². The predicted molar refractivity (Wildman–Crippen MR) is 140 cm³/mol. The molecule has 1 aliphatic rings. The maximum Gasteiger partial charge on any atom is 0.318 e. The highest BCUT2D eigenvalue weighted by Gasteiger charge is 2.29. The highest BCUT2D eigenvalue weighted by Crippen LogP contribution is 2.12. The molecular formula is C26H39N3O6S. The van der Waals surface area contributed by atoms with Gasteiger partial charge in [0.15, 0.2) is 5.78 Å². The Hall–Kier alpha value is -2.59. The number of urea groups is 1. The van der Waals surface area contributed by atoms with Gasteiger partial charge in [0.25, 0.3) is 0 Å². The first-order valence-corrected chi connectivity index (χ1v) is 13.7. The summed E-state index contributed by atoms with van der Waals surface area (Å²) in [4.78, 5) is 52.4. The van der Waals surface area contributed by atoms with Crippen LogP contribution in [0.2, 0.25) is 0 Å². The second-order valence-corrected chi connectivity index (χ2v) is 10.2. The smallest absolute Gasteiger partial charge is 0.318 e. The third-order valence-electron chi connectivity index (χ3n) is 5.61. The van der Waals surface area contributed by atoms with Crippen molar-refractivity contribution < 1.29 is 28.7 Å². The third-order valence-corrected chi connectivity index (χ3v) is 6.59. The van der Waals surface area contributed by atoms with E-state index >= 15 is 0 Å². The van der Waals surface area contributed by atoms with Gasteiger partial charge in [0.05, 0.1) is 38.0 Å². The molecular weight excluding hydrogens is 482 g/mol. The standard InChI is InChI=1S/C26H39N3O6S/c1-4-35-24(31)10-15-36-18-23(30)21(17-20-8-6-5-7-9-20)27-25(32)22(16-19(2)3)28-26(33)29-11-13-34-14-12-29/h5-9,19,21-22H,4,10-18H2,1-3H3,(H,27,32)(H,28,33)/t21-,22-/m0/s1. The SMILES string of the molecule is CCOC(=O)CCSCC(=O)[C@H](Cc1ccccc1)NC(=O)[C@H](CC(C)C)NC(=O)N1CCOCC1. The molecule has 3 amide bonds. The van der Waals surface area contributed by atoms with Crippen LogP contribution in [0.3, 0.4) is 0 Å². The number of amides is 3. The van der Waals surface area contributed by atoms with Crippen LogP contribution < -0.4 is 10.6 Å². The molecule has 1 aliphatic heterocycles. The number of carbonyl (C=O) groups is 4. The van der Waals surface area contributed by atoms with Crippen LogP contribution in [-0.4, -0.2) is 85.1 Å². The first-order chi connectivity index (χ1) is 17.3. The van der Waals surface area contributed by atoms with Gasteiger partial charge in [-0.25, -0.2) is 4.79 Å². The Morgan fingerprint density at radius 3 is 2.39 bits per heavy atom. The summed E-state index contributed by atoms with van der Waals surface area (Å²) < 4.78 is 10.2. The van der Waals surface area contributed by atoms with E-state index < -0.39 is 12.1 Å². The highest BCUT2D eigenvalue weighted by atomic mass is 32.2. The highest BCUT2D eigenvalue weighted by molar-refractivity contribution is 7.99. The van der Waals surface area contributed by atoms with Crippen LogP contribution in [0.1, 0.15) is 39.2 Å². The quantitative estimate of drug-likeness (QED) is 0.285. The van der Waals surface area contributed by atoms with Crippen molar-refractivity contribution in [2.45, 2.75) is 52.1 Å². The largest absolute Gasteiger partial charge is 0.466 e. The Kier molecular flexibility index (Phi) is 13.3. The molecule has 200 valence electrons. The lowest BCUT2D eigenvalue weighted by Gasteiger charge is -2.30. The molecule has 0 radical (unpaired) electrons. The Bertz CT molecular complexity index is 845. The maximum absolute atomic E-state index is 13.3. The van der Waals surface area contributed by atoms with Crippen molar-refractivity contribution in [1.29, 1.82) is 0 Å². The molecule has 1 heterocycles. The minimum atomic E-state index is -0.761. The summed E-state index contributed by atoms with van der Waals surface area (Å²) in [6, 6.07) is 7.67. The zero-order valence-corrected chi connectivity index (χ0v) is 22.3. The first-order valence-electron chi connectivity index (χ1n) is 12.5. The zero-order chi connectivity index (χ0) is 26.3. The van der Waals surface area contributed by atoms with Crippen molar-refractivity contribution in [2.75, 3.05) is 44.4 Å².